The van der Waals surface area contributed by atoms with Crippen LogP contribution in [-0.2, 0) is 4.79 Å². The summed E-state index contributed by atoms with van der Waals surface area (Å²) in [7, 11) is 0. The van der Waals surface area contributed by atoms with Crippen LogP contribution in [0.15, 0.2) is 0 Å². The van der Waals surface area contributed by atoms with E-state index in [0.717, 1.165) is 25.8 Å². The Morgan fingerprint density at radius 1 is 1.06 bits per heavy atom. The van der Waals surface area contributed by atoms with Crippen molar-refractivity contribution < 1.29 is 4.79 Å². The highest BCUT2D eigenvalue weighted by Gasteiger charge is 2.21. The molecule has 0 aliphatic heterocycles. The Balaban J connectivity index is 2.14. The van der Waals surface area contributed by atoms with Crippen LogP contribution in [0.1, 0.15) is 58.8 Å². The molecule has 16 heavy (non-hydrogen) atoms. The summed E-state index contributed by atoms with van der Waals surface area (Å²) < 4.78 is 0. The SMILES string of the molecule is CCCNC1CCC(NC(=O)CCC)CC1. The lowest BCUT2D eigenvalue weighted by Crippen LogP contribution is -2.42. The van der Waals surface area contributed by atoms with E-state index >= 15 is 0 Å². The van der Waals surface area contributed by atoms with Crippen molar-refractivity contribution in [2.45, 2.75) is 70.9 Å². The molecule has 1 saturated carbocycles. The maximum atomic E-state index is 11.4. The van der Waals surface area contributed by atoms with Gasteiger partial charge in [-0.1, -0.05) is 13.8 Å². The second-order valence-electron chi connectivity index (χ2n) is 4.82. The first-order chi connectivity index (χ1) is 7.76. The molecule has 0 aromatic rings. The van der Waals surface area contributed by atoms with Crippen LogP contribution < -0.4 is 10.6 Å². The van der Waals surface area contributed by atoms with Crippen LogP contribution in [0, 0.1) is 0 Å². The van der Waals surface area contributed by atoms with Gasteiger partial charge in [-0.2, -0.15) is 0 Å². The summed E-state index contributed by atoms with van der Waals surface area (Å²) in [6, 6.07) is 1.11. The predicted octanol–water partition coefficient (Wildman–Crippen LogP) is 2.21. The van der Waals surface area contributed by atoms with Crippen LogP contribution in [0.25, 0.3) is 0 Å². The zero-order valence-electron chi connectivity index (χ0n) is 10.7. The average Bonchev–Trinajstić information content (AvgIpc) is 2.28. The van der Waals surface area contributed by atoms with Crippen molar-refractivity contribution >= 4 is 5.91 Å². The molecule has 94 valence electrons. The summed E-state index contributed by atoms with van der Waals surface area (Å²) in [5.41, 5.74) is 0. The van der Waals surface area contributed by atoms with Crippen LogP contribution in [0.5, 0.6) is 0 Å². The van der Waals surface area contributed by atoms with Crippen molar-refractivity contribution in [1.82, 2.24) is 10.6 Å². The molecule has 0 unspecified atom stereocenters. The molecule has 0 heterocycles. The fraction of sp³-hybridized carbons (Fsp3) is 0.923. The summed E-state index contributed by atoms with van der Waals surface area (Å²) in [5, 5.41) is 6.69. The predicted molar refractivity (Wildman–Crippen MR) is 67.4 cm³/mol. The first kappa shape index (κ1) is 13.5. The van der Waals surface area contributed by atoms with E-state index in [4.69, 9.17) is 0 Å². The smallest absolute Gasteiger partial charge is 0.220 e. The number of hydrogen-bond donors (Lipinski definition) is 2. The van der Waals surface area contributed by atoms with E-state index in [1.54, 1.807) is 0 Å². The van der Waals surface area contributed by atoms with Gasteiger partial charge < -0.3 is 10.6 Å². The zero-order valence-corrected chi connectivity index (χ0v) is 10.7. The molecule has 1 amide bonds. The number of rotatable bonds is 6. The van der Waals surface area contributed by atoms with Gasteiger partial charge in [0.15, 0.2) is 0 Å². The van der Waals surface area contributed by atoms with E-state index in [-0.39, 0.29) is 5.91 Å². The van der Waals surface area contributed by atoms with Crippen LogP contribution in [-0.4, -0.2) is 24.5 Å². The number of amides is 1. The molecule has 1 rings (SSSR count). The van der Waals surface area contributed by atoms with Crippen molar-refractivity contribution in [2.75, 3.05) is 6.54 Å². The topological polar surface area (TPSA) is 41.1 Å². The van der Waals surface area contributed by atoms with Gasteiger partial charge in [-0.25, -0.2) is 0 Å². The van der Waals surface area contributed by atoms with Gasteiger partial charge in [0.1, 0.15) is 0 Å². The Morgan fingerprint density at radius 3 is 2.25 bits per heavy atom. The summed E-state index contributed by atoms with van der Waals surface area (Å²) in [5.74, 6) is 0.229. The van der Waals surface area contributed by atoms with E-state index in [1.165, 1.54) is 19.3 Å². The molecule has 3 heteroatoms. The number of carbonyl (C=O) groups excluding carboxylic acids is 1. The van der Waals surface area contributed by atoms with E-state index in [9.17, 15) is 4.79 Å². The highest BCUT2D eigenvalue weighted by Crippen LogP contribution is 2.18. The molecular formula is C13H26N2O. The van der Waals surface area contributed by atoms with E-state index in [2.05, 4.69) is 17.6 Å². The van der Waals surface area contributed by atoms with Crippen LogP contribution in [0.4, 0.5) is 0 Å². The van der Waals surface area contributed by atoms with Crippen molar-refractivity contribution in [3.8, 4) is 0 Å². The summed E-state index contributed by atoms with van der Waals surface area (Å²) >= 11 is 0. The lowest BCUT2D eigenvalue weighted by atomic mass is 9.91. The first-order valence-corrected chi connectivity index (χ1v) is 6.79. The quantitative estimate of drug-likeness (QED) is 0.729. The fourth-order valence-corrected chi connectivity index (χ4v) is 2.32. The van der Waals surface area contributed by atoms with Gasteiger partial charge in [0.2, 0.25) is 5.91 Å². The van der Waals surface area contributed by atoms with Crippen molar-refractivity contribution in [2.24, 2.45) is 0 Å². The molecular weight excluding hydrogens is 200 g/mol. The van der Waals surface area contributed by atoms with Gasteiger partial charge in [-0.3, -0.25) is 4.79 Å². The minimum Gasteiger partial charge on any atom is -0.353 e. The Hall–Kier alpha value is -0.570. The molecule has 0 bridgehead atoms. The van der Waals surface area contributed by atoms with Crippen LogP contribution >= 0.6 is 0 Å². The first-order valence-electron chi connectivity index (χ1n) is 6.79. The third kappa shape index (κ3) is 4.97. The van der Waals surface area contributed by atoms with Gasteiger partial charge in [0.05, 0.1) is 0 Å². The Labute approximate surface area is 99.4 Å². The molecule has 0 atom stereocenters. The van der Waals surface area contributed by atoms with E-state index in [0.29, 0.717) is 18.5 Å². The van der Waals surface area contributed by atoms with Gasteiger partial charge in [-0.15, -0.1) is 0 Å². The molecule has 1 fully saturated rings. The van der Waals surface area contributed by atoms with Crippen LogP contribution in [0.2, 0.25) is 0 Å². The minimum atomic E-state index is 0.229. The molecule has 1 aliphatic carbocycles. The molecule has 0 spiro atoms. The monoisotopic (exact) mass is 226 g/mol. The number of nitrogens with one attached hydrogen (secondary N) is 2. The van der Waals surface area contributed by atoms with E-state index in [1.807, 2.05) is 6.92 Å². The van der Waals surface area contributed by atoms with Crippen molar-refractivity contribution in [1.29, 1.82) is 0 Å². The Morgan fingerprint density at radius 2 is 1.69 bits per heavy atom. The van der Waals surface area contributed by atoms with Crippen LogP contribution in [0.3, 0.4) is 0 Å². The lowest BCUT2D eigenvalue weighted by molar-refractivity contribution is -0.122. The van der Waals surface area contributed by atoms with Gasteiger partial charge in [0, 0.05) is 18.5 Å². The fourth-order valence-electron chi connectivity index (χ4n) is 2.32. The number of hydrogen-bond acceptors (Lipinski definition) is 2. The minimum absolute atomic E-state index is 0.229. The largest absolute Gasteiger partial charge is 0.353 e. The zero-order chi connectivity index (χ0) is 11.8. The van der Waals surface area contributed by atoms with E-state index < -0.39 is 0 Å². The maximum Gasteiger partial charge on any atom is 0.220 e. The molecule has 3 nitrogen and oxygen atoms in total. The third-order valence-electron chi connectivity index (χ3n) is 3.25. The van der Waals surface area contributed by atoms with Crippen molar-refractivity contribution in [3.05, 3.63) is 0 Å². The molecule has 0 aromatic heterocycles. The van der Waals surface area contributed by atoms with Gasteiger partial charge in [-0.05, 0) is 45.1 Å². The highest BCUT2D eigenvalue weighted by atomic mass is 16.1. The normalized spacial score (nSPS) is 25.4. The Bertz CT molecular complexity index is 198. The summed E-state index contributed by atoms with van der Waals surface area (Å²) in [6.45, 7) is 5.37. The highest BCUT2D eigenvalue weighted by molar-refractivity contribution is 5.76. The second-order valence-corrected chi connectivity index (χ2v) is 4.82. The maximum absolute atomic E-state index is 11.4. The van der Waals surface area contributed by atoms with Gasteiger partial charge in [0.25, 0.3) is 0 Å². The molecule has 0 radical (unpaired) electrons. The van der Waals surface area contributed by atoms with Gasteiger partial charge >= 0.3 is 0 Å². The summed E-state index contributed by atoms with van der Waals surface area (Å²) in [4.78, 5) is 11.4. The number of carbonyl (C=O) groups is 1. The lowest BCUT2D eigenvalue weighted by Gasteiger charge is -2.29. The average molecular weight is 226 g/mol. The Kier molecular flexibility index (Phi) is 6.46. The second kappa shape index (κ2) is 7.66. The molecule has 1 aliphatic rings. The third-order valence-corrected chi connectivity index (χ3v) is 3.25. The molecule has 0 saturated heterocycles. The summed E-state index contributed by atoms with van der Waals surface area (Å²) in [6.07, 6.45) is 7.50. The molecule has 0 aromatic carbocycles. The molecule has 2 N–H and O–H groups in total. The van der Waals surface area contributed by atoms with Crippen molar-refractivity contribution in [3.63, 3.8) is 0 Å². The standard InChI is InChI=1S/C13H26N2O/c1-3-5-13(16)15-12-8-6-11(7-9-12)14-10-4-2/h11-12,14H,3-10H2,1-2H3,(H,15,16).